The molecule has 0 bridgehead atoms. The Morgan fingerprint density at radius 1 is 0.362 bits per heavy atom. The Morgan fingerprint density at radius 3 is 1.09 bits per heavy atom. The van der Waals surface area contributed by atoms with Gasteiger partial charge in [0.15, 0.2) is 6.10 Å². The second kappa shape index (κ2) is 61.0. The van der Waals surface area contributed by atoms with Crippen molar-refractivity contribution in [3.8, 4) is 0 Å². The first-order valence-electron chi connectivity index (χ1n) is 31.4. The van der Waals surface area contributed by atoms with Crippen molar-refractivity contribution >= 4 is 25.7 Å². The topological polar surface area (TPSA) is 155 Å². The Morgan fingerprint density at radius 2 is 0.675 bits per heavy atom. The molecule has 0 aromatic heterocycles. The number of rotatable bonds is 57. The zero-order chi connectivity index (χ0) is 58.3. The molecule has 0 fully saturated rings. The van der Waals surface area contributed by atoms with Crippen LogP contribution in [0.1, 0.15) is 252 Å². The van der Waals surface area contributed by atoms with Crippen LogP contribution in [-0.2, 0) is 42.2 Å². The van der Waals surface area contributed by atoms with E-state index in [0.717, 1.165) is 103 Å². The molecule has 0 heterocycles. The van der Waals surface area contributed by atoms with E-state index in [1.807, 2.05) is 12.2 Å². The monoisotopic (exact) mass is 1140 g/mol. The van der Waals surface area contributed by atoms with Gasteiger partial charge in [-0.3, -0.25) is 23.4 Å². The van der Waals surface area contributed by atoms with Crippen LogP contribution >= 0.6 is 7.82 Å². The molecular formula is C68H113O11P. The van der Waals surface area contributed by atoms with Crippen LogP contribution in [0.15, 0.2) is 122 Å². The third-order valence-corrected chi connectivity index (χ3v) is 13.8. The van der Waals surface area contributed by atoms with Gasteiger partial charge in [-0.25, -0.2) is 4.57 Å². The summed E-state index contributed by atoms with van der Waals surface area (Å²) in [5, 5.41) is 9.84. The molecular weight excluding hydrogens is 1020 g/mol. The van der Waals surface area contributed by atoms with Gasteiger partial charge in [0.1, 0.15) is 12.7 Å². The summed E-state index contributed by atoms with van der Waals surface area (Å²) in [7, 11) is -4.78. The molecule has 0 spiro atoms. The third kappa shape index (κ3) is 58.5. The lowest BCUT2D eigenvalue weighted by Gasteiger charge is -2.21. The Balaban J connectivity index is 4.84. The zero-order valence-electron chi connectivity index (χ0n) is 50.5. The number of esters is 3. The van der Waals surface area contributed by atoms with Gasteiger partial charge in [-0.2, -0.15) is 0 Å². The summed E-state index contributed by atoms with van der Waals surface area (Å²) >= 11 is 0. The number of aliphatic hydroxyl groups is 1. The van der Waals surface area contributed by atoms with Crippen molar-refractivity contribution in [2.75, 3.05) is 26.4 Å². The van der Waals surface area contributed by atoms with Gasteiger partial charge in [-0.15, -0.1) is 0 Å². The minimum atomic E-state index is -4.78. The number of phosphoric acid groups is 1. The highest BCUT2D eigenvalue weighted by molar-refractivity contribution is 7.47. The number of unbranched alkanes of at least 4 members (excludes halogenated alkanes) is 20. The minimum Gasteiger partial charge on any atom is -0.462 e. The first-order valence-corrected chi connectivity index (χ1v) is 32.9. The van der Waals surface area contributed by atoms with E-state index in [2.05, 4.69) is 130 Å². The van der Waals surface area contributed by atoms with Crippen molar-refractivity contribution in [1.29, 1.82) is 0 Å². The van der Waals surface area contributed by atoms with Crippen molar-refractivity contribution in [3.63, 3.8) is 0 Å². The summed E-state index contributed by atoms with van der Waals surface area (Å²) in [6, 6.07) is 0. The van der Waals surface area contributed by atoms with Gasteiger partial charge in [0.25, 0.3) is 0 Å². The molecule has 2 N–H and O–H groups in total. The lowest BCUT2D eigenvalue weighted by molar-refractivity contribution is -0.161. The molecule has 0 saturated heterocycles. The number of carbonyl (C=O) groups excluding carboxylic acids is 3. The van der Waals surface area contributed by atoms with Gasteiger partial charge >= 0.3 is 25.7 Å². The highest BCUT2D eigenvalue weighted by atomic mass is 31.2. The fraction of sp³-hybridized carbons (Fsp3) is 0.662. The van der Waals surface area contributed by atoms with Crippen LogP contribution < -0.4 is 0 Å². The van der Waals surface area contributed by atoms with E-state index in [-0.39, 0.29) is 25.9 Å². The van der Waals surface area contributed by atoms with Crippen LogP contribution in [0.25, 0.3) is 0 Å². The van der Waals surface area contributed by atoms with E-state index < -0.39 is 57.8 Å². The Bertz CT molecular complexity index is 1800. The molecule has 0 aromatic carbocycles. The molecule has 0 saturated carbocycles. The van der Waals surface area contributed by atoms with E-state index in [0.29, 0.717) is 25.7 Å². The molecule has 12 heteroatoms. The SMILES string of the molecule is CC/C=C\C/C=C\C/C=C\C/C=C\C/C=C\C/C=C\CCC(=O)OC(COC(=O)CCCCCCCCCCC/C=C\CCCCCCCC)COP(=O)(O)OCC(CO)OC(=O)CCCCCCC/C=C\C/C=C\C/C=C\CC. The minimum absolute atomic E-state index is 0.0356. The van der Waals surface area contributed by atoms with Crippen LogP contribution in [0, 0.1) is 0 Å². The molecule has 0 amide bonds. The van der Waals surface area contributed by atoms with Crippen molar-refractivity contribution < 1.29 is 52.2 Å². The van der Waals surface area contributed by atoms with Crippen LogP contribution in [0.4, 0.5) is 0 Å². The quantitative estimate of drug-likeness (QED) is 0.0197. The molecule has 3 atom stereocenters. The first kappa shape index (κ1) is 75.9. The van der Waals surface area contributed by atoms with E-state index in [9.17, 15) is 28.9 Å². The zero-order valence-corrected chi connectivity index (χ0v) is 51.4. The number of hydrogen-bond acceptors (Lipinski definition) is 10. The second-order valence-electron chi connectivity index (χ2n) is 20.5. The number of carbonyl (C=O) groups is 3. The fourth-order valence-corrected chi connectivity index (χ4v) is 8.94. The van der Waals surface area contributed by atoms with Crippen molar-refractivity contribution in [2.45, 2.75) is 264 Å². The Labute approximate surface area is 487 Å². The Kier molecular flexibility index (Phi) is 57.8. The summed E-state index contributed by atoms with van der Waals surface area (Å²) in [4.78, 5) is 48.7. The van der Waals surface area contributed by atoms with Gasteiger partial charge in [0.05, 0.1) is 19.8 Å². The molecule has 456 valence electrons. The van der Waals surface area contributed by atoms with Crippen LogP contribution in [0.3, 0.4) is 0 Å². The normalized spacial score (nSPS) is 14.1. The second-order valence-corrected chi connectivity index (χ2v) is 21.9. The summed E-state index contributed by atoms with van der Waals surface area (Å²) in [6.07, 6.45) is 76.0. The van der Waals surface area contributed by atoms with Gasteiger partial charge in [0.2, 0.25) is 0 Å². The predicted molar refractivity (Wildman–Crippen MR) is 334 cm³/mol. The lowest BCUT2D eigenvalue weighted by Crippen LogP contribution is -2.30. The molecule has 0 aromatic rings. The standard InChI is InChI=1S/C68H113O11P/c1-4-7-10-13-16-19-22-25-28-30-32-34-37-39-42-45-48-51-54-57-66(70)75-61-65(79-68(72)59-56-53-50-47-44-41-38-35-33-31-29-26-23-20-17-14-11-8-5-2)63-77-80(73,74)76-62-64(60-69)78-67(71)58-55-52-49-46-43-40-36-27-24-21-18-15-12-9-6-3/h8-9,11-12,17-18,20-21,25-29,33,35-36,41,44,50,53,64-65,69H,4-7,10,13-16,19,22-24,30-32,34,37-40,42-43,45-49,51-52,54-63H2,1-3H3,(H,73,74)/b11-8-,12-9-,20-17-,21-18-,28-25-,29-26-,35-33-,36-27-,44-41-,53-50-. The third-order valence-electron chi connectivity index (χ3n) is 12.9. The van der Waals surface area contributed by atoms with Gasteiger partial charge < -0.3 is 24.2 Å². The molecule has 0 aliphatic rings. The maximum atomic E-state index is 12.9. The average Bonchev–Trinajstić information content (AvgIpc) is 3.45. The predicted octanol–water partition coefficient (Wildman–Crippen LogP) is 19.1. The molecule has 80 heavy (non-hydrogen) atoms. The molecule has 11 nitrogen and oxygen atoms in total. The summed E-state index contributed by atoms with van der Waals surface area (Å²) in [6.45, 7) is 4.32. The molecule has 0 aliphatic carbocycles. The average molecular weight is 1140 g/mol. The number of aliphatic hydroxyl groups excluding tert-OH is 1. The van der Waals surface area contributed by atoms with Crippen LogP contribution in [-0.4, -0.2) is 66.5 Å². The molecule has 0 rings (SSSR count). The number of ether oxygens (including phenoxy) is 3. The molecule has 0 radical (unpaired) electrons. The van der Waals surface area contributed by atoms with Crippen molar-refractivity contribution in [1.82, 2.24) is 0 Å². The Hall–Kier alpha value is -4.12. The largest absolute Gasteiger partial charge is 0.472 e. The van der Waals surface area contributed by atoms with Crippen molar-refractivity contribution in [2.24, 2.45) is 0 Å². The van der Waals surface area contributed by atoms with E-state index >= 15 is 0 Å². The lowest BCUT2D eigenvalue weighted by atomic mass is 10.1. The highest BCUT2D eigenvalue weighted by Crippen LogP contribution is 2.43. The summed E-state index contributed by atoms with van der Waals surface area (Å²) in [5.74, 6) is -1.59. The summed E-state index contributed by atoms with van der Waals surface area (Å²) in [5.41, 5.74) is 0. The van der Waals surface area contributed by atoms with Crippen LogP contribution in [0.2, 0.25) is 0 Å². The van der Waals surface area contributed by atoms with E-state index in [1.165, 1.54) is 83.5 Å². The van der Waals surface area contributed by atoms with E-state index in [4.69, 9.17) is 23.3 Å². The van der Waals surface area contributed by atoms with Crippen LogP contribution in [0.5, 0.6) is 0 Å². The maximum absolute atomic E-state index is 12.9. The smallest absolute Gasteiger partial charge is 0.462 e. The van der Waals surface area contributed by atoms with Crippen molar-refractivity contribution in [3.05, 3.63) is 122 Å². The van der Waals surface area contributed by atoms with E-state index in [1.54, 1.807) is 0 Å². The molecule has 0 aliphatic heterocycles. The highest BCUT2D eigenvalue weighted by Gasteiger charge is 2.28. The van der Waals surface area contributed by atoms with Gasteiger partial charge in [0, 0.05) is 19.3 Å². The van der Waals surface area contributed by atoms with Gasteiger partial charge in [-0.05, 0) is 116 Å². The maximum Gasteiger partial charge on any atom is 0.472 e. The van der Waals surface area contributed by atoms with Gasteiger partial charge in [-0.1, -0.05) is 239 Å². The fourth-order valence-electron chi connectivity index (χ4n) is 8.16. The number of phosphoric ester groups is 1. The first-order chi connectivity index (χ1) is 39.2. The summed E-state index contributed by atoms with van der Waals surface area (Å²) < 4.78 is 39.5. The number of allylic oxidation sites excluding steroid dienone is 20. The number of hydrogen-bond donors (Lipinski definition) is 2. The molecule has 3 unspecified atom stereocenters.